The van der Waals surface area contributed by atoms with Crippen molar-refractivity contribution in [3.8, 4) is 22.6 Å². The molecule has 0 aliphatic carbocycles. The van der Waals surface area contributed by atoms with E-state index in [1.54, 1.807) is 0 Å². The summed E-state index contributed by atoms with van der Waals surface area (Å²) in [7, 11) is 0. The molecule has 0 N–H and O–H groups in total. The number of hydrogen-bond donors (Lipinski definition) is 0. The van der Waals surface area contributed by atoms with E-state index in [1.807, 2.05) is 6.07 Å². The van der Waals surface area contributed by atoms with Crippen molar-refractivity contribution < 1.29 is 14.2 Å². The monoisotopic (exact) mass is 353 g/mol. The van der Waals surface area contributed by atoms with Gasteiger partial charge >= 0.3 is 0 Å². The van der Waals surface area contributed by atoms with Crippen LogP contribution >= 0.6 is 0 Å². The molecule has 26 heavy (non-hydrogen) atoms. The average molecular weight is 353 g/mol. The van der Waals surface area contributed by atoms with Gasteiger partial charge in [0.05, 0.1) is 26.4 Å². The first kappa shape index (κ1) is 17.4. The van der Waals surface area contributed by atoms with Gasteiger partial charge in [-0.1, -0.05) is 30.3 Å². The van der Waals surface area contributed by atoms with Gasteiger partial charge in [0.15, 0.2) is 11.5 Å². The van der Waals surface area contributed by atoms with Gasteiger partial charge in [-0.15, -0.1) is 0 Å². The van der Waals surface area contributed by atoms with Gasteiger partial charge in [0.1, 0.15) is 0 Å². The Morgan fingerprint density at radius 2 is 1.50 bits per heavy atom. The number of ether oxygens (including phenoxy) is 3. The van der Waals surface area contributed by atoms with E-state index in [9.17, 15) is 0 Å². The molecule has 2 heterocycles. The number of aryl methyl sites for hydroxylation is 1. The van der Waals surface area contributed by atoms with Crippen LogP contribution in [-0.4, -0.2) is 51.0 Å². The lowest BCUT2D eigenvalue weighted by Gasteiger charge is -2.26. The molecule has 0 unspecified atom stereocenters. The quantitative estimate of drug-likeness (QED) is 0.819. The highest BCUT2D eigenvalue weighted by Crippen LogP contribution is 2.34. The molecule has 2 aromatic rings. The van der Waals surface area contributed by atoms with Crippen LogP contribution in [0, 0.1) is 0 Å². The highest BCUT2D eigenvalue weighted by Gasteiger charge is 2.12. The van der Waals surface area contributed by atoms with Gasteiger partial charge < -0.3 is 14.2 Å². The van der Waals surface area contributed by atoms with Crippen LogP contribution in [0.15, 0.2) is 42.5 Å². The molecule has 0 atom stereocenters. The second-order valence-electron chi connectivity index (χ2n) is 6.97. The lowest BCUT2D eigenvalue weighted by Crippen LogP contribution is -2.36. The number of nitrogens with zero attached hydrogens (tertiary/aromatic N) is 1. The van der Waals surface area contributed by atoms with E-state index in [1.165, 1.54) is 23.1 Å². The molecule has 0 amide bonds. The molecule has 0 spiro atoms. The first-order valence-corrected chi connectivity index (χ1v) is 9.67. The summed E-state index contributed by atoms with van der Waals surface area (Å²) in [5.74, 6) is 1.71. The van der Waals surface area contributed by atoms with Crippen molar-refractivity contribution in [1.82, 2.24) is 4.90 Å². The number of morpholine rings is 1. The zero-order valence-electron chi connectivity index (χ0n) is 15.3. The van der Waals surface area contributed by atoms with E-state index in [2.05, 4.69) is 41.3 Å². The van der Waals surface area contributed by atoms with Crippen LogP contribution in [-0.2, 0) is 11.2 Å². The fraction of sp³-hybridized carbons (Fsp3) is 0.455. The zero-order valence-corrected chi connectivity index (χ0v) is 15.3. The van der Waals surface area contributed by atoms with Crippen LogP contribution in [0.5, 0.6) is 11.5 Å². The molecule has 1 saturated heterocycles. The van der Waals surface area contributed by atoms with E-state index in [-0.39, 0.29) is 0 Å². The lowest BCUT2D eigenvalue weighted by molar-refractivity contribution is 0.0375. The first-order valence-electron chi connectivity index (χ1n) is 9.67. The predicted molar refractivity (Wildman–Crippen MR) is 103 cm³/mol. The van der Waals surface area contributed by atoms with Gasteiger partial charge in [0, 0.05) is 19.5 Å². The molecule has 0 aromatic heterocycles. The molecule has 2 aliphatic rings. The third-order valence-corrected chi connectivity index (χ3v) is 5.08. The van der Waals surface area contributed by atoms with Crippen molar-refractivity contribution in [1.29, 1.82) is 0 Å². The summed E-state index contributed by atoms with van der Waals surface area (Å²) in [6.07, 6.45) is 3.26. The Labute approximate surface area is 155 Å². The fourth-order valence-corrected chi connectivity index (χ4v) is 3.54. The van der Waals surface area contributed by atoms with E-state index in [0.717, 1.165) is 70.4 Å². The predicted octanol–water partition coefficient (Wildman–Crippen LogP) is 3.78. The molecule has 1 fully saturated rings. The van der Waals surface area contributed by atoms with E-state index in [0.29, 0.717) is 0 Å². The molecule has 4 rings (SSSR count). The van der Waals surface area contributed by atoms with E-state index < -0.39 is 0 Å². The summed E-state index contributed by atoms with van der Waals surface area (Å²) in [5, 5.41) is 0. The Hall–Kier alpha value is -2.04. The SMILES string of the molecule is c1cc(-c2ccc3c(c2)OCCCO3)ccc1CCCN1CCOCC1. The summed E-state index contributed by atoms with van der Waals surface area (Å²) >= 11 is 0. The Bertz CT molecular complexity index is 708. The summed E-state index contributed by atoms with van der Waals surface area (Å²) in [6.45, 7) is 6.51. The standard InChI is InChI=1S/C22H27NO3/c1(10-23-11-15-24-16-12-23)3-18-4-6-19(7-5-18)20-8-9-21-22(17-20)26-14-2-13-25-21/h4-9,17H,1-3,10-16H2. The minimum absolute atomic E-state index is 0.721. The van der Waals surface area contributed by atoms with Gasteiger partial charge in [-0.25, -0.2) is 0 Å². The summed E-state index contributed by atoms with van der Waals surface area (Å²) in [6, 6.07) is 15.1. The second-order valence-corrected chi connectivity index (χ2v) is 6.97. The van der Waals surface area contributed by atoms with Crippen LogP contribution in [0.1, 0.15) is 18.4 Å². The number of hydrogen-bond acceptors (Lipinski definition) is 4. The van der Waals surface area contributed by atoms with Crippen LogP contribution in [0.3, 0.4) is 0 Å². The van der Waals surface area contributed by atoms with Gasteiger partial charge in [0.25, 0.3) is 0 Å². The number of rotatable bonds is 5. The maximum absolute atomic E-state index is 5.81. The minimum Gasteiger partial charge on any atom is -0.490 e. The summed E-state index contributed by atoms with van der Waals surface area (Å²) < 4.78 is 16.9. The van der Waals surface area contributed by atoms with Crippen molar-refractivity contribution >= 4 is 0 Å². The minimum atomic E-state index is 0.721. The van der Waals surface area contributed by atoms with Gasteiger partial charge in [-0.2, -0.15) is 0 Å². The lowest BCUT2D eigenvalue weighted by atomic mass is 10.0. The molecular formula is C22H27NO3. The van der Waals surface area contributed by atoms with Crippen molar-refractivity contribution in [3.63, 3.8) is 0 Å². The molecular weight excluding hydrogens is 326 g/mol. The van der Waals surface area contributed by atoms with Crippen LogP contribution in [0.4, 0.5) is 0 Å². The molecule has 0 bridgehead atoms. The normalized spacial score (nSPS) is 17.7. The Balaban J connectivity index is 1.36. The maximum atomic E-state index is 5.81. The van der Waals surface area contributed by atoms with Gasteiger partial charge in [0.2, 0.25) is 0 Å². The Morgan fingerprint density at radius 3 is 2.31 bits per heavy atom. The largest absolute Gasteiger partial charge is 0.490 e. The van der Waals surface area contributed by atoms with Gasteiger partial charge in [-0.05, 0) is 48.2 Å². The fourth-order valence-electron chi connectivity index (χ4n) is 3.54. The molecule has 138 valence electrons. The van der Waals surface area contributed by atoms with Crippen LogP contribution in [0.25, 0.3) is 11.1 Å². The van der Waals surface area contributed by atoms with Crippen molar-refractivity contribution in [2.75, 3.05) is 46.1 Å². The Kier molecular flexibility index (Phi) is 5.72. The molecule has 4 heteroatoms. The molecule has 0 saturated carbocycles. The number of benzene rings is 2. The topological polar surface area (TPSA) is 30.9 Å². The first-order chi connectivity index (χ1) is 12.9. The van der Waals surface area contributed by atoms with Crippen LogP contribution in [0.2, 0.25) is 0 Å². The smallest absolute Gasteiger partial charge is 0.161 e. The van der Waals surface area contributed by atoms with Gasteiger partial charge in [-0.3, -0.25) is 4.90 Å². The van der Waals surface area contributed by atoms with E-state index >= 15 is 0 Å². The third kappa shape index (κ3) is 4.37. The third-order valence-electron chi connectivity index (χ3n) is 5.08. The number of fused-ring (bicyclic) bond motifs is 1. The van der Waals surface area contributed by atoms with E-state index in [4.69, 9.17) is 14.2 Å². The maximum Gasteiger partial charge on any atom is 0.161 e. The average Bonchev–Trinajstić information content (AvgIpc) is 2.94. The van der Waals surface area contributed by atoms with Crippen molar-refractivity contribution in [3.05, 3.63) is 48.0 Å². The highest BCUT2D eigenvalue weighted by molar-refractivity contribution is 5.67. The van der Waals surface area contributed by atoms with Crippen LogP contribution < -0.4 is 9.47 Å². The Morgan fingerprint density at radius 1 is 0.769 bits per heavy atom. The van der Waals surface area contributed by atoms with Crippen molar-refractivity contribution in [2.24, 2.45) is 0 Å². The summed E-state index contributed by atoms with van der Waals surface area (Å²) in [4.78, 5) is 2.50. The molecule has 2 aromatic carbocycles. The zero-order chi connectivity index (χ0) is 17.6. The van der Waals surface area contributed by atoms with Crippen molar-refractivity contribution in [2.45, 2.75) is 19.3 Å². The molecule has 0 radical (unpaired) electrons. The second kappa shape index (κ2) is 8.56. The molecule has 4 nitrogen and oxygen atoms in total. The molecule has 2 aliphatic heterocycles. The summed E-state index contributed by atoms with van der Waals surface area (Å²) in [5.41, 5.74) is 3.79. The highest BCUT2D eigenvalue weighted by atomic mass is 16.5.